The van der Waals surface area contributed by atoms with Gasteiger partial charge in [0.15, 0.2) is 0 Å². The summed E-state index contributed by atoms with van der Waals surface area (Å²) in [7, 11) is 0. The Morgan fingerprint density at radius 1 is 0.929 bits per heavy atom. The van der Waals surface area contributed by atoms with E-state index in [9.17, 15) is 9.59 Å². The van der Waals surface area contributed by atoms with Crippen molar-refractivity contribution in [2.75, 3.05) is 0 Å². The summed E-state index contributed by atoms with van der Waals surface area (Å²) >= 11 is 0. The molecular weight excluding hydrogens is 184 g/mol. The van der Waals surface area contributed by atoms with E-state index in [2.05, 4.69) is 0 Å². The van der Waals surface area contributed by atoms with E-state index in [0.717, 1.165) is 25.7 Å². The van der Waals surface area contributed by atoms with Gasteiger partial charge >= 0.3 is 11.9 Å². The molecule has 0 heterocycles. The van der Waals surface area contributed by atoms with Crippen LogP contribution in [-0.2, 0) is 9.59 Å². The fourth-order valence-electron chi connectivity index (χ4n) is 2.67. The van der Waals surface area contributed by atoms with Gasteiger partial charge in [0.2, 0.25) is 0 Å². The van der Waals surface area contributed by atoms with E-state index in [1.165, 1.54) is 0 Å². The van der Waals surface area contributed by atoms with E-state index in [-0.39, 0.29) is 23.0 Å². The molecule has 0 aromatic heterocycles. The molecule has 76 valence electrons. The average molecular weight is 196 g/mol. The molecule has 0 radical (unpaired) electrons. The van der Waals surface area contributed by atoms with Crippen LogP contribution in [0.4, 0.5) is 0 Å². The van der Waals surface area contributed by atoms with Crippen molar-refractivity contribution in [2.45, 2.75) is 25.7 Å². The van der Waals surface area contributed by atoms with Crippen LogP contribution in [0.3, 0.4) is 0 Å². The largest absolute Gasteiger partial charge is 0.478 e. The number of carboxylic acids is 2. The Kier molecular flexibility index (Phi) is 2.06. The molecule has 0 amide bonds. The normalized spacial score (nSPS) is 30.6. The van der Waals surface area contributed by atoms with Gasteiger partial charge in [-0.3, -0.25) is 0 Å². The lowest BCUT2D eigenvalue weighted by Crippen LogP contribution is -2.40. The third-order valence-corrected chi connectivity index (χ3v) is 3.26. The Labute approximate surface area is 81.2 Å². The van der Waals surface area contributed by atoms with Gasteiger partial charge < -0.3 is 10.2 Å². The monoisotopic (exact) mass is 196 g/mol. The molecule has 4 nitrogen and oxygen atoms in total. The van der Waals surface area contributed by atoms with Crippen molar-refractivity contribution < 1.29 is 19.8 Å². The van der Waals surface area contributed by atoms with Gasteiger partial charge in [0.1, 0.15) is 0 Å². The molecule has 2 aliphatic rings. The lowest BCUT2D eigenvalue weighted by Gasteiger charge is -2.41. The van der Waals surface area contributed by atoms with Crippen molar-refractivity contribution in [3.8, 4) is 0 Å². The summed E-state index contributed by atoms with van der Waals surface area (Å²) in [6.45, 7) is 0. The molecule has 0 spiro atoms. The Morgan fingerprint density at radius 2 is 1.29 bits per heavy atom. The second-order valence-corrected chi connectivity index (χ2v) is 3.94. The number of fused-ring (bicyclic) bond motifs is 1. The van der Waals surface area contributed by atoms with Crippen LogP contribution in [0.15, 0.2) is 11.1 Å². The molecule has 0 bridgehead atoms. The van der Waals surface area contributed by atoms with E-state index in [1.54, 1.807) is 0 Å². The van der Waals surface area contributed by atoms with Crippen molar-refractivity contribution in [3.63, 3.8) is 0 Å². The van der Waals surface area contributed by atoms with Crippen LogP contribution < -0.4 is 0 Å². The molecule has 0 aromatic rings. The molecule has 2 unspecified atom stereocenters. The van der Waals surface area contributed by atoms with Crippen molar-refractivity contribution in [2.24, 2.45) is 11.8 Å². The highest BCUT2D eigenvalue weighted by Crippen LogP contribution is 2.49. The zero-order valence-electron chi connectivity index (χ0n) is 7.69. The van der Waals surface area contributed by atoms with Gasteiger partial charge in [0, 0.05) is 0 Å². The van der Waals surface area contributed by atoms with Crippen LogP contribution in [0.1, 0.15) is 25.7 Å². The predicted molar refractivity (Wildman–Crippen MR) is 47.7 cm³/mol. The summed E-state index contributed by atoms with van der Waals surface area (Å²) in [6, 6.07) is 0. The smallest absolute Gasteiger partial charge is 0.332 e. The van der Waals surface area contributed by atoms with Crippen LogP contribution in [0.25, 0.3) is 0 Å². The van der Waals surface area contributed by atoms with E-state index in [4.69, 9.17) is 10.2 Å². The average Bonchev–Trinajstić information content (AvgIpc) is 2.05. The third-order valence-electron chi connectivity index (χ3n) is 3.26. The maximum absolute atomic E-state index is 10.8. The van der Waals surface area contributed by atoms with Gasteiger partial charge in [-0.25, -0.2) is 9.59 Å². The number of carboxylic acid groups (broad SMARTS) is 2. The highest BCUT2D eigenvalue weighted by atomic mass is 16.4. The molecule has 14 heavy (non-hydrogen) atoms. The SMILES string of the molecule is O=C(O)C1=C(C(=O)O)C2CCCCC12. The standard InChI is InChI=1S/C10H12O4/c11-9(12)7-5-3-1-2-4-6(5)8(7)10(13)14/h5-6H,1-4H2,(H,11,12)(H,13,14). The number of hydrogen-bond acceptors (Lipinski definition) is 2. The van der Waals surface area contributed by atoms with Gasteiger partial charge in [0.05, 0.1) is 11.1 Å². The van der Waals surface area contributed by atoms with Crippen molar-refractivity contribution in [1.82, 2.24) is 0 Å². The van der Waals surface area contributed by atoms with Gasteiger partial charge in [-0.2, -0.15) is 0 Å². The third kappa shape index (κ3) is 1.14. The minimum atomic E-state index is -1.05. The zero-order chi connectivity index (χ0) is 10.3. The highest BCUT2D eigenvalue weighted by Gasteiger charge is 2.47. The Balaban J connectivity index is 2.34. The first-order valence-electron chi connectivity index (χ1n) is 4.83. The Morgan fingerprint density at radius 3 is 1.57 bits per heavy atom. The Hall–Kier alpha value is -1.32. The first kappa shape index (κ1) is 9.24. The first-order valence-corrected chi connectivity index (χ1v) is 4.83. The highest BCUT2D eigenvalue weighted by molar-refractivity contribution is 6.02. The van der Waals surface area contributed by atoms with Crippen LogP contribution >= 0.6 is 0 Å². The van der Waals surface area contributed by atoms with Crippen LogP contribution in [0.2, 0.25) is 0 Å². The molecule has 4 heteroatoms. The number of rotatable bonds is 2. The fraction of sp³-hybridized carbons (Fsp3) is 0.600. The van der Waals surface area contributed by atoms with E-state index >= 15 is 0 Å². The first-order chi connectivity index (χ1) is 6.63. The molecule has 2 N–H and O–H groups in total. The van der Waals surface area contributed by atoms with Crippen molar-refractivity contribution in [3.05, 3.63) is 11.1 Å². The van der Waals surface area contributed by atoms with Gasteiger partial charge in [-0.15, -0.1) is 0 Å². The summed E-state index contributed by atoms with van der Waals surface area (Å²) in [5.74, 6) is -2.09. The van der Waals surface area contributed by atoms with Gasteiger partial charge in [-0.05, 0) is 24.7 Å². The van der Waals surface area contributed by atoms with Crippen molar-refractivity contribution in [1.29, 1.82) is 0 Å². The Bertz CT molecular complexity index is 297. The molecule has 2 atom stereocenters. The molecule has 0 aliphatic heterocycles. The molecule has 1 saturated carbocycles. The zero-order valence-corrected chi connectivity index (χ0v) is 7.69. The quantitative estimate of drug-likeness (QED) is 0.697. The van der Waals surface area contributed by atoms with Crippen molar-refractivity contribution >= 4 is 11.9 Å². The lowest BCUT2D eigenvalue weighted by molar-refractivity contribution is -0.139. The number of aliphatic carboxylic acids is 2. The van der Waals surface area contributed by atoms with Crippen LogP contribution in [0, 0.1) is 11.8 Å². The van der Waals surface area contributed by atoms with Crippen LogP contribution in [0.5, 0.6) is 0 Å². The molecular formula is C10H12O4. The second kappa shape index (κ2) is 3.12. The summed E-state index contributed by atoms with van der Waals surface area (Å²) < 4.78 is 0. The maximum Gasteiger partial charge on any atom is 0.332 e. The molecule has 0 aromatic carbocycles. The number of hydrogen-bond donors (Lipinski definition) is 2. The molecule has 0 saturated heterocycles. The maximum atomic E-state index is 10.8. The molecule has 1 fully saturated rings. The molecule has 2 aliphatic carbocycles. The van der Waals surface area contributed by atoms with Crippen LogP contribution in [-0.4, -0.2) is 22.2 Å². The summed E-state index contributed by atoms with van der Waals surface area (Å²) in [5.41, 5.74) is 0.310. The summed E-state index contributed by atoms with van der Waals surface area (Å²) in [4.78, 5) is 21.7. The van der Waals surface area contributed by atoms with E-state index < -0.39 is 11.9 Å². The lowest BCUT2D eigenvalue weighted by atomic mass is 9.61. The summed E-state index contributed by atoms with van der Waals surface area (Å²) in [5, 5.41) is 17.7. The predicted octanol–water partition coefficient (Wildman–Crippen LogP) is 1.27. The fourth-order valence-corrected chi connectivity index (χ4v) is 2.67. The second-order valence-electron chi connectivity index (χ2n) is 3.94. The van der Waals surface area contributed by atoms with E-state index in [1.807, 2.05) is 0 Å². The van der Waals surface area contributed by atoms with E-state index in [0.29, 0.717) is 0 Å². The minimum Gasteiger partial charge on any atom is -0.478 e. The minimum absolute atomic E-state index is 0.00681. The van der Waals surface area contributed by atoms with Gasteiger partial charge in [-0.1, -0.05) is 12.8 Å². The molecule has 2 rings (SSSR count). The topological polar surface area (TPSA) is 74.6 Å². The summed E-state index contributed by atoms with van der Waals surface area (Å²) in [6.07, 6.45) is 3.71. The van der Waals surface area contributed by atoms with Gasteiger partial charge in [0.25, 0.3) is 0 Å². The number of carbonyl (C=O) groups is 2.